The van der Waals surface area contributed by atoms with Gasteiger partial charge in [0.1, 0.15) is 6.04 Å². The van der Waals surface area contributed by atoms with Crippen LogP contribution in [-0.2, 0) is 36.0 Å². The number of hydrogen-bond donors (Lipinski definition) is 1. The van der Waals surface area contributed by atoms with Crippen LogP contribution in [0.2, 0.25) is 0 Å². The van der Waals surface area contributed by atoms with Gasteiger partial charge in [0, 0.05) is 31.3 Å². The third-order valence-corrected chi connectivity index (χ3v) is 4.88. The molecule has 24 heavy (non-hydrogen) atoms. The number of hydrogen-bond acceptors (Lipinski definition) is 3. The van der Waals surface area contributed by atoms with E-state index in [2.05, 4.69) is 5.10 Å². The fourth-order valence-electron chi connectivity index (χ4n) is 3.37. The molecule has 1 aliphatic rings. The van der Waals surface area contributed by atoms with Crippen LogP contribution in [0.1, 0.15) is 28.1 Å². The summed E-state index contributed by atoms with van der Waals surface area (Å²) in [5, 5.41) is 4.35. The van der Waals surface area contributed by atoms with Crippen molar-refractivity contribution in [2.24, 2.45) is 12.8 Å². The Bertz CT molecular complexity index is 809. The fraction of sp³-hybridized carbons (Fsp3) is 0.389. The molecule has 2 aromatic rings. The molecular weight excluding hydrogens is 304 g/mol. The number of nitrogens with two attached hydrogens (primary N) is 1. The Labute approximate surface area is 141 Å². The first-order valence-electron chi connectivity index (χ1n) is 8.03. The van der Waals surface area contributed by atoms with E-state index in [0.717, 1.165) is 28.1 Å². The van der Waals surface area contributed by atoms with Crippen LogP contribution in [0.15, 0.2) is 24.3 Å². The molecule has 0 fully saturated rings. The van der Waals surface area contributed by atoms with Crippen LogP contribution >= 0.6 is 0 Å². The van der Waals surface area contributed by atoms with Crippen molar-refractivity contribution < 1.29 is 9.59 Å². The van der Waals surface area contributed by atoms with E-state index in [4.69, 9.17) is 5.73 Å². The Kier molecular flexibility index (Phi) is 4.13. The summed E-state index contributed by atoms with van der Waals surface area (Å²) < 4.78 is 1.77. The van der Waals surface area contributed by atoms with Crippen LogP contribution < -0.4 is 5.73 Å². The van der Waals surface area contributed by atoms with Crippen molar-refractivity contribution in [2.75, 3.05) is 0 Å². The van der Waals surface area contributed by atoms with Gasteiger partial charge in [-0.2, -0.15) is 5.10 Å². The predicted molar refractivity (Wildman–Crippen MR) is 90.1 cm³/mol. The van der Waals surface area contributed by atoms with E-state index >= 15 is 0 Å². The smallest absolute Gasteiger partial charge is 0.240 e. The summed E-state index contributed by atoms with van der Waals surface area (Å²) in [6, 6.07) is 7.28. The highest BCUT2D eigenvalue weighted by Gasteiger charge is 2.33. The van der Waals surface area contributed by atoms with E-state index in [1.807, 2.05) is 45.2 Å². The van der Waals surface area contributed by atoms with Crippen molar-refractivity contribution in [1.82, 2.24) is 14.7 Å². The minimum atomic E-state index is -0.593. The average Bonchev–Trinajstić information content (AvgIpc) is 2.79. The van der Waals surface area contributed by atoms with Crippen molar-refractivity contribution in [1.29, 1.82) is 0 Å². The van der Waals surface area contributed by atoms with E-state index in [1.165, 1.54) is 0 Å². The van der Waals surface area contributed by atoms with E-state index in [9.17, 15) is 9.59 Å². The Morgan fingerprint density at radius 1 is 1.25 bits per heavy atom. The summed E-state index contributed by atoms with van der Waals surface area (Å²) in [5.41, 5.74) is 10.4. The molecule has 6 heteroatoms. The summed E-state index contributed by atoms with van der Waals surface area (Å²) in [6.45, 7) is 4.26. The van der Waals surface area contributed by atoms with Gasteiger partial charge in [-0.1, -0.05) is 24.3 Å². The second kappa shape index (κ2) is 6.11. The molecule has 126 valence electrons. The van der Waals surface area contributed by atoms with Gasteiger partial charge in [0.05, 0.1) is 12.1 Å². The summed E-state index contributed by atoms with van der Waals surface area (Å²) in [4.78, 5) is 26.4. The lowest BCUT2D eigenvalue weighted by Gasteiger charge is -2.35. The van der Waals surface area contributed by atoms with Crippen LogP contribution in [0, 0.1) is 13.8 Å². The van der Waals surface area contributed by atoms with Crippen LogP contribution in [0.3, 0.4) is 0 Å². The molecule has 0 saturated carbocycles. The lowest BCUT2D eigenvalue weighted by Crippen LogP contribution is -2.51. The number of carbonyl (C=O) groups is 2. The number of carbonyl (C=O) groups excluding carboxylic acids is 2. The Balaban J connectivity index is 1.88. The molecule has 0 spiro atoms. The fourth-order valence-corrected chi connectivity index (χ4v) is 3.37. The molecule has 2 heterocycles. The summed E-state index contributed by atoms with van der Waals surface area (Å²) in [5.74, 6) is -0.551. The van der Waals surface area contributed by atoms with Crippen LogP contribution in [0.5, 0.6) is 0 Å². The van der Waals surface area contributed by atoms with Crippen molar-refractivity contribution in [3.63, 3.8) is 0 Å². The first-order chi connectivity index (χ1) is 11.4. The predicted octanol–water partition coefficient (Wildman–Crippen LogP) is 1.02. The third kappa shape index (κ3) is 2.79. The van der Waals surface area contributed by atoms with E-state index in [-0.39, 0.29) is 12.3 Å². The molecule has 1 atom stereocenters. The van der Waals surface area contributed by atoms with E-state index in [0.29, 0.717) is 13.0 Å². The second-order valence-corrected chi connectivity index (χ2v) is 6.36. The quantitative estimate of drug-likeness (QED) is 0.914. The standard InChI is InChI=1S/C18H22N4O2/c1-11-15(12(2)21(3)20-11)9-17(23)22-10-14-7-5-4-6-13(14)8-16(22)18(19)24/h4-7,16H,8-10H2,1-3H3,(H2,19,24). The normalized spacial score (nSPS) is 16.8. The molecule has 1 aromatic carbocycles. The Morgan fingerprint density at radius 3 is 2.50 bits per heavy atom. The minimum Gasteiger partial charge on any atom is -0.368 e. The molecule has 6 nitrogen and oxygen atoms in total. The van der Waals surface area contributed by atoms with Gasteiger partial charge in [-0.05, 0) is 25.0 Å². The van der Waals surface area contributed by atoms with Crippen molar-refractivity contribution in [2.45, 2.75) is 39.3 Å². The number of aromatic nitrogens is 2. The van der Waals surface area contributed by atoms with Crippen molar-refractivity contribution >= 4 is 11.8 Å². The Morgan fingerprint density at radius 2 is 1.92 bits per heavy atom. The first-order valence-corrected chi connectivity index (χ1v) is 8.03. The van der Waals surface area contributed by atoms with E-state index < -0.39 is 11.9 Å². The maximum atomic E-state index is 12.9. The van der Waals surface area contributed by atoms with Gasteiger partial charge in [0.25, 0.3) is 0 Å². The van der Waals surface area contributed by atoms with Gasteiger partial charge in [0.15, 0.2) is 0 Å². The number of amides is 2. The van der Waals surface area contributed by atoms with Gasteiger partial charge < -0.3 is 10.6 Å². The van der Waals surface area contributed by atoms with Gasteiger partial charge in [0.2, 0.25) is 11.8 Å². The zero-order valence-corrected chi connectivity index (χ0v) is 14.2. The van der Waals surface area contributed by atoms with Gasteiger partial charge in [-0.25, -0.2) is 0 Å². The molecule has 1 unspecified atom stereocenters. The van der Waals surface area contributed by atoms with Crippen LogP contribution in [0.4, 0.5) is 0 Å². The highest BCUT2D eigenvalue weighted by Crippen LogP contribution is 2.24. The van der Waals surface area contributed by atoms with Gasteiger partial charge >= 0.3 is 0 Å². The second-order valence-electron chi connectivity index (χ2n) is 6.36. The molecule has 0 aliphatic carbocycles. The maximum Gasteiger partial charge on any atom is 0.240 e. The highest BCUT2D eigenvalue weighted by molar-refractivity contribution is 5.88. The molecule has 1 aliphatic heterocycles. The monoisotopic (exact) mass is 326 g/mol. The lowest BCUT2D eigenvalue weighted by molar-refractivity contribution is -0.140. The summed E-state index contributed by atoms with van der Waals surface area (Å²) in [7, 11) is 1.86. The van der Waals surface area contributed by atoms with Crippen LogP contribution in [0.25, 0.3) is 0 Å². The van der Waals surface area contributed by atoms with Crippen LogP contribution in [-0.4, -0.2) is 32.5 Å². The lowest BCUT2D eigenvalue weighted by atomic mass is 9.93. The molecule has 0 radical (unpaired) electrons. The maximum absolute atomic E-state index is 12.9. The number of benzene rings is 1. The molecular formula is C18H22N4O2. The number of fused-ring (bicyclic) bond motifs is 1. The summed E-state index contributed by atoms with van der Waals surface area (Å²) in [6.07, 6.45) is 0.708. The first kappa shape index (κ1) is 16.2. The zero-order chi connectivity index (χ0) is 17.4. The molecule has 0 bridgehead atoms. The number of aryl methyl sites for hydroxylation is 2. The Hall–Kier alpha value is -2.63. The molecule has 2 N–H and O–H groups in total. The van der Waals surface area contributed by atoms with Gasteiger partial charge in [-0.15, -0.1) is 0 Å². The highest BCUT2D eigenvalue weighted by atomic mass is 16.2. The number of nitrogens with zero attached hydrogens (tertiary/aromatic N) is 3. The summed E-state index contributed by atoms with van der Waals surface area (Å²) >= 11 is 0. The minimum absolute atomic E-state index is 0.0903. The number of primary amides is 1. The van der Waals surface area contributed by atoms with Gasteiger partial charge in [-0.3, -0.25) is 14.3 Å². The van der Waals surface area contributed by atoms with Crippen molar-refractivity contribution in [3.8, 4) is 0 Å². The largest absolute Gasteiger partial charge is 0.368 e. The number of rotatable bonds is 3. The average molecular weight is 326 g/mol. The third-order valence-electron chi connectivity index (χ3n) is 4.88. The molecule has 2 amide bonds. The SMILES string of the molecule is Cc1nn(C)c(C)c1CC(=O)N1Cc2ccccc2CC1C(N)=O. The molecule has 3 rings (SSSR count). The topological polar surface area (TPSA) is 81.2 Å². The van der Waals surface area contributed by atoms with E-state index in [1.54, 1.807) is 9.58 Å². The zero-order valence-electron chi connectivity index (χ0n) is 14.2. The molecule has 0 saturated heterocycles. The molecule has 1 aromatic heterocycles. The van der Waals surface area contributed by atoms with Crippen molar-refractivity contribution in [3.05, 3.63) is 52.3 Å².